The van der Waals surface area contributed by atoms with Crippen LogP contribution in [0.4, 0.5) is 5.82 Å². The third-order valence-corrected chi connectivity index (χ3v) is 3.12. The summed E-state index contributed by atoms with van der Waals surface area (Å²) < 4.78 is 5.21. The maximum absolute atomic E-state index is 11.9. The van der Waals surface area contributed by atoms with Gasteiger partial charge in [-0.25, -0.2) is 9.97 Å². The number of nitrogens with zero attached hydrogens (tertiary/aromatic N) is 3. The van der Waals surface area contributed by atoms with Crippen LogP contribution in [0.15, 0.2) is 6.20 Å². The number of amides is 1. The molecule has 1 aliphatic heterocycles. The van der Waals surface area contributed by atoms with E-state index < -0.39 is 0 Å². The second kappa shape index (κ2) is 6.68. The molecule has 1 aliphatic rings. The minimum atomic E-state index is 0.133. The number of rotatable bonds is 4. The Morgan fingerprint density at radius 1 is 1.53 bits per heavy atom. The summed E-state index contributed by atoms with van der Waals surface area (Å²) in [6.07, 6.45) is 2.09. The second-order valence-electron chi connectivity index (χ2n) is 4.34. The van der Waals surface area contributed by atoms with E-state index in [9.17, 15) is 4.79 Å². The summed E-state index contributed by atoms with van der Waals surface area (Å²) in [6, 6.07) is 0. The standard InChI is InChI=1S/C12H17ClN4O2/c1-9-8-15-12(13)16-11(9)14-3-2-10(18)17-4-6-19-7-5-17/h8H,2-7H2,1H3,(H,14,15,16). The minimum absolute atomic E-state index is 0.133. The Kier molecular flexibility index (Phi) is 4.93. The number of aryl methyl sites for hydroxylation is 1. The van der Waals surface area contributed by atoms with Gasteiger partial charge in [0, 0.05) is 37.8 Å². The fourth-order valence-electron chi connectivity index (χ4n) is 1.86. The predicted molar refractivity (Wildman–Crippen MR) is 72.3 cm³/mol. The van der Waals surface area contributed by atoms with Crippen LogP contribution in [0.2, 0.25) is 5.28 Å². The van der Waals surface area contributed by atoms with Gasteiger partial charge in [-0.3, -0.25) is 4.79 Å². The van der Waals surface area contributed by atoms with E-state index in [2.05, 4.69) is 15.3 Å². The normalized spacial score (nSPS) is 15.4. The Morgan fingerprint density at radius 2 is 2.26 bits per heavy atom. The lowest BCUT2D eigenvalue weighted by Crippen LogP contribution is -2.41. The van der Waals surface area contributed by atoms with Gasteiger partial charge in [-0.05, 0) is 18.5 Å². The van der Waals surface area contributed by atoms with Crippen molar-refractivity contribution >= 4 is 23.3 Å². The number of carbonyl (C=O) groups is 1. The van der Waals surface area contributed by atoms with E-state index in [4.69, 9.17) is 16.3 Å². The van der Waals surface area contributed by atoms with Crippen LogP contribution in [0.1, 0.15) is 12.0 Å². The van der Waals surface area contributed by atoms with E-state index >= 15 is 0 Å². The van der Waals surface area contributed by atoms with E-state index in [1.165, 1.54) is 0 Å². The molecule has 0 bridgehead atoms. The monoisotopic (exact) mass is 284 g/mol. The molecule has 0 unspecified atom stereocenters. The number of aromatic nitrogens is 2. The van der Waals surface area contributed by atoms with Crippen molar-refractivity contribution < 1.29 is 9.53 Å². The van der Waals surface area contributed by atoms with E-state index in [1.54, 1.807) is 6.20 Å². The van der Waals surface area contributed by atoms with Gasteiger partial charge >= 0.3 is 0 Å². The van der Waals surface area contributed by atoms with Crippen LogP contribution in [0.25, 0.3) is 0 Å². The van der Waals surface area contributed by atoms with Gasteiger partial charge in [-0.1, -0.05) is 0 Å². The molecule has 0 saturated carbocycles. The Balaban J connectivity index is 1.79. The highest BCUT2D eigenvalue weighted by Crippen LogP contribution is 2.12. The Morgan fingerprint density at radius 3 is 3.00 bits per heavy atom. The molecular formula is C12H17ClN4O2. The topological polar surface area (TPSA) is 67.4 Å². The fourth-order valence-corrected chi connectivity index (χ4v) is 1.99. The molecule has 2 heterocycles. The second-order valence-corrected chi connectivity index (χ2v) is 4.68. The smallest absolute Gasteiger partial charge is 0.224 e. The summed E-state index contributed by atoms with van der Waals surface area (Å²) in [5.41, 5.74) is 0.906. The molecule has 6 nitrogen and oxygen atoms in total. The van der Waals surface area contributed by atoms with Crippen LogP contribution >= 0.6 is 11.6 Å². The lowest BCUT2D eigenvalue weighted by atomic mass is 10.3. The molecule has 104 valence electrons. The number of anilines is 1. The van der Waals surface area contributed by atoms with Gasteiger partial charge in [0.1, 0.15) is 5.82 Å². The molecule has 1 aromatic rings. The Bertz CT molecular complexity index is 449. The number of ether oxygens (including phenoxy) is 1. The summed E-state index contributed by atoms with van der Waals surface area (Å²) >= 11 is 5.73. The zero-order chi connectivity index (χ0) is 13.7. The largest absolute Gasteiger partial charge is 0.378 e. The molecule has 1 saturated heterocycles. The quantitative estimate of drug-likeness (QED) is 0.839. The van der Waals surface area contributed by atoms with Gasteiger partial charge in [0.15, 0.2) is 0 Å². The molecule has 0 aliphatic carbocycles. The Hall–Kier alpha value is -1.40. The van der Waals surface area contributed by atoms with Crippen LogP contribution in [0.5, 0.6) is 0 Å². The number of hydrogen-bond acceptors (Lipinski definition) is 5. The average Bonchev–Trinajstić information content (AvgIpc) is 2.43. The number of nitrogens with one attached hydrogen (secondary N) is 1. The highest BCUT2D eigenvalue weighted by Gasteiger charge is 2.16. The zero-order valence-corrected chi connectivity index (χ0v) is 11.6. The summed E-state index contributed by atoms with van der Waals surface area (Å²) in [5, 5.41) is 3.31. The molecule has 0 spiro atoms. The van der Waals surface area contributed by atoms with Gasteiger partial charge in [0.25, 0.3) is 0 Å². The lowest BCUT2D eigenvalue weighted by Gasteiger charge is -2.26. The predicted octanol–water partition coefficient (Wildman–Crippen LogP) is 1.10. The first-order valence-electron chi connectivity index (χ1n) is 6.25. The molecule has 7 heteroatoms. The van der Waals surface area contributed by atoms with Crippen LogP contribution in [-0.4, -0.2) is 53.6 Å². The lowest BCUT2D eigenvalue weighted by molar-refractivity contribution is -0.134. The molecular weight excluding hydrogens is 268 g/mol. The van der Waals surface area contributed by atoms with Crippen molar-refractivity contribution in [2.24, 2.45) is 0 Å². The number of morpholine rings is 1. The molecule has 1 amide bonds. The van der Waals surface area contributed by atoms with Gasteiger partial charge in [-0.15, -0.1) is 0 Å². The van der Waals surface area contributed by atoms with Gasteiger partial charge in [0.2, 0.25) is 11.2 Å². The summed E-state index contributed by atoms with van der Waals surface area (Å²) in [6.45, 7) is 5.03. The molecule has 0 aromatic carbocycles. The van der Waals surface area contributed by atoms with Crippen molar-refractivity contribution in [3.05, 3.63) is 17.0 Å². The summed E-state index contributed by atoms with van der Waals surface area (Å²) in [5.74, 6) is 0.809. The molecule has 0 atom stereocenters. The molecule has 1 fully saturated rings. The van der Waals surface area contributed by atoms with Crippen LogP contribution in [-0.2, 0) is 9.53 Å². The molecule has 2 rings (SSSR count). The minimum Gasteiger partial charge on any atom is -0.378 e. The summed E-state index contributed by atoms with van der Waals surface area (Å²) in [7, 11) is 0. The molecule has 1 N–H and O–H groups in total. The van der Waals surface area contributed by atoms with Crippen molar-refractivity contribution in [1.82, 2.24) is 14.9 Å². The van der Waals surface area contributed by atoms with Crippen molar-refractivity contribution in [1.29, 1.82) is 0 Å². The SMILES string of the molecule is Cc1cnc(Cl)nc1NCCC(=O)N1CCOCC1. The summed E-state index contributed by atoms with van der Waals surface area (Å²) in [4.78, 5) is 21.7. The van der Waals surface area contributed by atoms with E-state index in [-0.39, 0.29) is 11.2 Å². The first kappa shape index (κ1) is 14.0. The zero-order valence-electron chi connectivity index (χ0n) is 10.9. The number of hydrogen-bond donors (Lipinski definition) is 1. The van der Waals surface area contributed by atoms with Crippen LogP contribution in [0, 0.1) is 6.92 Å². The van der Waals surface area contributed by atoms with Crippen LogP contribution in [0.3, 0.4) is 0 Å². The van der Waals surface area contributed by atoms with Crippen molar-refractivity contribution in [2.75, 3.05) is 38.2 Å². The Labute approximate surface area is 117 Å². The first-order chi connectivity index (χ1) is 9.16. The van der Waals surface area contributed by atoms with Crippen molar-refractivity contribution in [2.45, 2.75) is 13.3 Å². The van der Waals surface area contributed by atoms with Crippen molar-refractivity contribution in [3.63, 3.8) is 0 Å². The first-order valence-corrected chi connectivity index (χ1v) is 6.63. The maximum atomic E-state index is 11.9. The maximum Gasteiger partial charge on any atom is 0.224 e. The van der Waals surface area contributed by atoms with Gasteiger partial charge in [-0.2, -0.15) is 0 Å². The molecule has 19 heavy (non-hydrogen) atoms. The van der Waals surface area contributed by atoms with Crippen LogP contribution < -0.4 is 5.32 Å². The molecule has 1 aromatic heterocycles. The van der Waals surface area contributed by atoms with E-state index in [0.717, 1.165) is 5.56 Å². The van der Waals surface area contributed by atoms with E-state index in [0.29, 0.717) is 45.1 Å². The van der Waals surface area contributed by atoms with Gasteiger partial charge in [0.05, 0.1) is 13.2 Å². The average molecular weight is 285 g/mol. The third-order valence-electron chi connectivity index (χ3n) is 2.94. The third kappa shape index (κ3) is 4.04. The van der Waals surface area contributed by atoms with E-state index in [1.807, 2.05) is 11.8 Å². The number of carbonyl (C=O) groups excluding carboxylic acids is 1. The fraction of sp³-hybridized carbons (Fsp3) is 0.583. The van der Waals surface area contributed by atoms with Crippen molar-refractivity contribution in [3.8, 4) is 0 Å². The molecule has 0 radical (unpaired) electrons. The van der Waals surface area contributed by atoms with Gasteiger partial charge < -0.3 is 15.0 Å². The highest BCUT2D eigenvalue weighted by molar-refractivity contribution is 6.28. The number of halogens is 1. The highest BCUT2D eigenvalue weighted by atomic mass is 35.5.